The van der Waals surface area contributed by atoms with Crippen LogP contribution in [-0.4, -0.2) is 24.3 Å². The van der Waals surface area contributed by atoms with Crippen molar-refractivity contribution in [2.24, 2.45) is 0 Å². The lowest BCUT2D eigenvalue weighted by molar-refractivity contribution is 0.0691. The SMILES string of the molecule is Cl.O=C(O)c1cc(OCCCCCCOc2ccc(-c3ccccc3)cc2)ccc1OCc1ccccc1. The predicted molar refractivity (Wildman–Crippen MR) is 153 cm³/mol. The molecule has 4 aromatic carbocycles. The molecule has 4 rings (SSSR count). The first-order chi connectivity index (χ1) is 18.2. The Morgan fingerprint density at radius 3 is 1.79 bits per heavy atom. The fraction of sp³-hybridized carbons (Fsp3) is 0.219. The summed E-state index contributed by atoms with van der Waals surface area (Å²) in [6.07, 6.45) is 3.91. The second kappa shape index (κ2) is 15.3. The minimum Gasteiger partial charge on any atom is -0.494 e. The van der Waals surface area contributed by atoms with E-state index >= 15 is 0 Å². The lowest BCUT2D eigenvalue weighted by atomic mass is 10.1. The quantitative estimate of drug-likeness (QED) is 0.166. The molecule has 0 saturated heterocycles. The molecule has 0 fully saturated rings. The zero-order valence-corrected chi connectivity index (χ0v) is 22.1. The molecule has 1 N–H and O–H groups in total. The summed E-state index contributed by atoms with van der Waals surface area (Å²) in [7, 11) is 0. The first-order valence-corrected chi connectivity index (χ1v) is 12.6. The van der Waals surface area contributed by atoms with Gasteiger partial charge in [0.15, 0.2) is 0 Å². The van der Waals surface area contributed by atoms with Crippen molar-refractivity contribution >= 4 is 18.4 Å². The number of carboxylic acids is 1. The van der Waals surface area contributed by atoms with Crippen LogP contribution < -0.4 is 14.2 Å². The van der Waals surface area contributed by atoms with Crippen molar-refractivity contribution in [3.8, 4) is 28.4 Å². The molecule has 0 bridgehead atoms. The molecule has 5 nitrogen and oxygen atoms in total. The van der Waals surface area contributed by atoms with Gasteiger partial charge in [-0.3, -0.25) is 0 Å². The largest absolute Gasteiger partial charge is 0.494 e. The van der Waals surface area contributed by atoms with E-state index in [1.54, 1.807) is 12.1 Å². The van der Waals surface area contributed by atoms with E-state index in [0.717, 1.165) is 37.0 Å². The van der Waals surface area contributed by atoms with E-state index in [1.807, 2.05) is 60.7 Å². The van der Waals surface area contributed by atoms with Crippen molar-refractivity contribution in [2.45, 2.75) is 32.3 Å². The highest BCUT2D eigenvalue weighted by Gasteiger charge is 2.13. The normalized spacial score (nSPS) is 10.3. The van der Waals surface area contributed by atoms with Crippen LogP contribution in [0.5, 0.6) is 17.2 Å². The maximum atomic E-state index is 11.7. The number of ether oxygens (including phenoxy) is 3. The van der Waals surface area contributed by atoms with E-state index in [2.05, 4.69) is 24.3 Å². The van der Waals surface area contributed by atoms with Crippen LogP contribution in [0.3, 0.4) is 0 Å². The lowest BCUT2D eigenvalue weighted by Gasteiger charge is -2.12. The van der Waals surface area contributed by atoms with Gasteiger partial charge in [-0.05, 0) is 72.7 Å². The van der Waals surface area contributed by atoms with Crippen LogP contribution >= 0.6 is 12.4 Å². The highest BCUT2D eigenvalue weighted by molar-refractivity contribution is 5.91. The minimum atomic E-state index is -1.04. The van der Waals surface area contributed by atoms with E-state index in [1.165, 1.54) is 17.2 Å². The maximum absolute atomic E-state index is 11.7. The van der Waals surface area contributed by atoms with Crippen molar-refractivity contribution in [1.82, 2.24) is 0 Å². The Morgan fingerprint density at radius 1 is 0.605 bits per heavy atom. The van der Waals surface area contributed by atoms with Crippen molar-refractivity contribution in [2.75, 3.05) is 13.2 Å². The Bertz CT molecular complexity index is 1240. The molecular weight excluding hydrogens is 500 g/mol. The van der Waals surface area contributed by atoms with Gasteiger partial charge in [0.2, 0.25) is 0 Å². The Hall–Kier alpha value is -3.96. The average molecular weight is 533 g/mol. The average Bonchev–Trinajstić information content (AvgIpc) is 2.95. The van der Waals surface area contributed by atoms with Gasteiger partial charge in [0.05, 0.1) is 13.2 Å². The Morgan fingerprint density at radius 2 is 1.16 bits per heavy atom. The molecule has 198 valence electrons. The summed E-state index contributed by atoms with van der Waals surface area (Å²) < 4.78 is 17.4. The highest BCUT2D eigenvalue weighted by Crippen LogP contribution is 2.26. The lowest BCUT2D eigenvalue weighted by Crippen LogP contribution is -2.05. The summed E-state index contributed by atoms with van der Waals surface area (Å²) in [6.45, 7) is 1.52. The van der Waals surface area contributed by atoms with Crippen LogP contribution in [0, 0.1) is 0 Å². The van der Waals surface area contributed by atoms with Gasteiger partial charge in [0, 0.05) is 0 Å². The molecule has 0 aliphatic heterocycles. The third-order valence-corrected chi connectivity index (χ3v) is 5.96. The van der Waals surface area contributed by atoms with Crippen molar-refractivity contribution in [3.05, 3.63) is 114 Å². The smallest absolute Gasteiger partial charge is 0.339 e. The van der Waals surface area contributed by atoms with Crippen molar-refractivity contribution < 1.29 is 24.1 Å². The maximum Gasteiger partial charge on any atom is 0.339 e. The molecule has 0 aliphatic carbocycles. The van der Waals surface area contributed by atoms with Gasteiger partial charge in [-0.2, -0.15) is 0 Å². The first kappa shape index (κ1) is 28.6. The van der Waals surface area contributed by atoms with Crippen molar-refractivity contribution in [3.63, 3.8) is 0 Å². The molecule has 6 heteroatoms. The van der Waals surface area contributed by atoms with E-state index in [9.17, 15) is 9.90 Å². The Kier molecular flexibility index (Phi) is 11.5. The third-order valence-electron chi connectivity index (χ3n) is 5.96. The minimum absolute atomic E-state index is 0. The molecule has 0 aromatic heterocycles. The van der Waals surface area contributed by atoms with Gasteiger partial charge in [-0.1, -0.05) is 72.8 Å². The van der Waals surface area contributed by atoms with Crippen LogP contribution in [0.25, 0.3) is 11.1 Å². The van der Waals surface area contributed by atoms with Crippen LogP contribution in [0.2, 0.25) is 0 Å². The van der Waals surface area contributed by atoms with Crippen LogP contribution in [0.4, 0.5) is 0 Å². The third kappa shape index (κ3) is 8.86. The monoisotopic (exact) mass is 532 g/mol. The number of aromatic carboxylic acids is 1. The fourth-order valence-corrected chi connectivity index (χ4v) is 3.94. The van der Waals surface area contributed by atoms with Gasteiger partial charge < -0.3 is 19.3 Å². The molecule has 0 atom stereocenters. The van der Waals surface area contributed by atoms with E-state index in [0.29, 0.717) is 31.3 Å². The molecule has 0 aliphatic rings. The van der Waals surface area contributed by atoms with E-state index in [4.69, 9.17) is 14.2 Å². The molecule has 0 spiro atoms. The van der Waals surface area contributed by atoms with E-state index < -0.39 is 5.97 Å². The number of unbranched alkanes of at least 4 members (excludes halogenated alkanes) is 3. The molecule has 38 heavy (non-hydrogen) atoms. The second-order valence-corrected chi connectivity index (χ2v) is 8.74. The molecule has 4 aromatic rings. The standard InChI is InChI=1S/C32H32O5.ClH/c33-32(34)30-23-29(19-20-31(30)37-24-25-11-5-3-6-12-25)36-22-10-2-1-9-21-35-28-17-15-27(16-18-28)26-13-7-4-8-14-26;/h3-8,11-20,23H,1-2,9-10,21-22,24H2,(H,33,34);1H. The molecule has 0 unspecified atom stereocenters. The topological polar surface area (TPSA) is 65.0 Å². The van der Waals surface area contributed by atoms with Crippen LogP contribution in [-0.2, 0) is 6.61 Å². The summed E-state index contributed by atoms with van der Waals surface area (Å²) >= 11 is 0. The highest BCUT2D eigenvalue weighted by atomic mass is 35.5. The van der Waals surface area contributed by atoms with Gasteiger partial charge >= 0.3 is 5.97 Å². The van der Waals surface area contributed by atoms with Crippen LogP contribution in [0.15, 0.2) is 103 Å². The number of carboxylic acid groups (broad SMARTS) is 1. The molecule has 0 heterocycles. The second-order valence-electron chi connectivity index (χ2n) is 8.74. The zero-order valence-electron chi connectivity index (χ0n) is 21.3. The zero-order chi connectivity index (χ0) is 25.7. The summed E-state index contributed by atoms with van der Waals surface area (Å²) in [6, 6.07) is 33.1. The number of hydrogen-bond donors (Lipinski definition) is 1. The summed E-state index contributed by atoms with van der Waals surface area (Å²) in [5.74, 6) is 0.710. The summed E-state index contributed by atoms with van der Waals surface area (Å²) in [5, 5.41) is 9.58. The van der Waals surface area contributed by atoms with Gasteiger partial charge in [0.25, 0.3) is 0 Å². The molecule has 0 saturated carbocycles. The fourth-order valence-electron chi connectivity index (χ4n) is 3.94. The Labute approximate surface area is 230 Å². The predicted octanol–water partition coefficient (Wildman–Crippen LogP) is 8.07. The van der Waals surface area contributed by atoms with Gasteiger partial charge in [0.1, 0.15) is 29.4 Å². The van der Waals surface area contributed by atoms with Gasteiger partial charge in [-0.25, -0.2) is 4.79 Å². The number of rotatable bonds is 14. The van der Waals surface area contributed by atoms with Crippen molar-refractivity contribution in [1.29, 1.82) is 0 Å². The molecule has 0 amide bonds. The number of benzene rings is 4. The molecular formula is C32H33ClO5. The number of hydrogen-bond acceptors (Lipinski definition) is 4. The first-order valence-electron chi connectivity index (χ1n) is 12.6. The summed E-state index contributed by atoms with van der Waals surface area (Å²) in [5.41, 5.74) is 3.45. The number of halogens is 1. The molecule has 0 radical (unpaired) electrons. The van der Waals surface area contributed by atoms with Crippen LogP contribution in [0.1, 0.15) is 41.6 Å². The number of carbonyl (C=O) groups is 1. The summed E-state index contributed by atoms with van der Waals surface area (Å²) in [4.78, 5) is 11.7. The Balaban J connectivity index is 0.00000400. The van der Waals surface area contributed by atoms with E-state index in [-0.39, 0.29) is 18.0 Å². The van der Waals surface area contributed by atoms with Gasteiger partial charge in [-0.15, -0.1) is 12.4 Å².